The van der Waals surface area contributed by atoms with Crippen LogP contribution in [-0.4, -0.2) is 26.4 Å². The van der Waals surface area contributed by atoms with Crippen LogP contribution in [0.1, 0.15) is 24.1 Å². The van der Waals surface area contributed by atoms with Gasteiger partial charge in [0.25, 0.3) is 0 Å². The molecule has 0 saturated carbocycles. The van der Waals surface area contributed by atoms with E-state index in [0.717, 1.165) is 23.4 Å². The molecule has 1 N–H and O–H groups in total. The maximum absolute atomic E-state index is 13.3. The predicted molar refractivity (Wildman–Crippen MR) is 99.7 cm³/mol. The van der Waals surface area contributed by atoms with Gasteiger partial charge in [0.05, 0.1) is 11.8 Å². The van der Waals surface area contributed by atoms with Crippen LogP contribution < -0.4 is 5.32 Å². The summed E-state index contributed by atoms with van der Waals surface area (Å²) in [5.41, 5.74) is 2.55. The summed E-state index contributed by atoms with van der Waals surface area (Å²) in [4.78, 5) is 12.2. The van der Waals surface area contributed by atoms with Gasteiger partial charge in [-0.1, -0.05) is 35.5 Å². The molecule has 5 nitrogen and oxygen atoms in total. The van der Waals surface area contributed by atoms with E-state index in [1.165, 1.54) is 17.8 Å². The zero-order chi connectivity index (χ0) is 19.4. The van der Waals surface area contributed by atoms with E-state index >= 15 is 0 Å². The molecule has 0 bridgehead atoms. The van der Waals surface area contributed by atoms with Crippen LogP contribution in [0.5, 0.6) is 0 Å². The van der Waals surface area contributed by atoms with Crippen LogP contribution in [0.3, 0.4) is 0 Å². The summed E-state index contributed by atoms with van der Waals surface area (Å²) < 4.78 is 28.2. The maximum Gasteiger partial charge on any atom is 0.230 e. The lowest BCUT2D eigenvalue weighted by molar-refractivity contribution is -0.119. The first kappa shape index (κ1) is 19.0. The van der Waals surface area contributed by atoms with Crippen molar-refractivity contribution in [1.29, 1.82) is 0 Å². The number of carbonyl (C=O) groups excluding carboxylic acids is 1. The molecule has 1 unspecified atom stereocenters. The Hall–Kier alpha value is -2.74. The number of nitrogens with zero attached hydrogens (tertiary/aromatic N) is 3. The van der Waals surface area contributed by atoms with E-state index in [4.69, 9.17) is 0 Å². The van der Waals surface area contributed by atoms with E-state index in [1.807, 2.05) is 31.2 Å². The van der Waals surface area contributed by atoms with Crippen LogP contribution >= 0.6 is 11.8 Å². The van der Waals surface area contributed by atoms with Crippen LogP contribution in [0.25, 0.3) is 5.69 Å². The second kappa shape index (κ2) is 8.30. The Balaban J connectivity index is 1.60. The van der Waals surface area contributed by atoms with Gasteiger partial charge in [0.1, 0.15) is 6.33 Å². The number of hydrogen-bond donors (Lipinski definition) is 1. The zero-order valence-electron chi connectivity index (χ0n) is 14.8. The Morgan fingerprint density at radius 2 is 1.93 bits per heavy atom. The molecular weight excluding hydrogens is 370 g/mol. The highest BCUT2D eigenvalue weighted by molar-refractivity contribution is 7.99. The van der Waals surface area contributed by atoms with Gasteiger partial charge in [-0.15, -0.1) is 10.2 Å². The molecule has 27 heavy (non-hydrogen) atoms. The SMILES string of the molecule is Cc1ccc(-n2cnnc2SCC(=O)NC(C)c2ccc(F)c(F)c2)cc1. The fraction of sp³-hybridized carbons (Fsp3) is 0.211. The topological polar surface area (TPSA) is 59.8 Å². The molecule has 0 aliphatic rings. The smallest absolute Gasteiger partial charge is 0.230 e. The molecule has 0 aliphatic heterocycles. The molecular formula is C19H18F2N4OS. The number of halogens is 2. The van der Waals surface area contributed by atoms with Crippen molar-refractivity contribution in [3.05, 3.63) is 71.6 Å². The van der Waals surface area contributed by atoms with Crippen LogP contribution in [0.2, 0.25) is 0 Å². The number of benzene rings is 2. The fourth-order valence-corrected chi connectivity index (χ4v) is 3.22. The molecule has 0 aliphatic carbocycles. The molecule has 1 heterocycles. The zero-order valence-corrected chi connectivity index (χ0v) is 15.6. The molecule has 1 aromatic heterocycles. The summed E-state index contributed by atoms with van der Waals surface area (Å²) in [6.45, 7) is 3.72. The van der Waals surface area contributed by atoms with Crippen LogP contribution in [-0.2, 0) is 4.79 Å². The Labute approximate surface area is 159 Å². The monoisotopic (exact) mass is 388 g/mol. The van der Waals surface area contributed by atoms with Gasteiger partial charge in [0.15, 0.2) is 16.8 Å². The molecule has 0 radical (unpaired) electrons. The third-order valence-electron chi connectivity index (χ3n) is 3.98. The Kier molecular flexibility index (Phi) is 5.85. The third kappa shape index (κ3) is 4.71. The van der Waals surface area contributed by atoms with Gasteiger partial charge in [0.2, 0.25) is 5.91 Å². The second-order valence-corrected chi connectivity index (χ2v) is 7.01. The Morgan fingerprint density at radius 3 is 2.63 bits per heavy atom. The summed E-state index contributed by atoms with van der Waals surface area (Å²) in [6, 6.07) is 11.0. The van der Waals surface area contributed by atoms with Gasteiger partial charge in [-0.3, -0.25) is 9.36 Å². The lowest BCUT2D eigenvalue weighted by Gasteiger charge is -2.14. The number of carbonyl (C=O) groups is 1. The number of aryl methyl sites for hydroxylation is 1. The van der Waals surface area contributed by atoms with Gasteiger partial charge in [-0.25, -0.2) is 8.78 Å². The molecule has 3 rings (SSSR count). The van der Waals surface area contributed by atoms with Crippen LogP contribution in [0, 0.1) is 18.6 Å². The molecule has 0 fully saturated rings. The van der Waals surface area contributed by atoms with E-state index in [1.54, 1.807) is 17.8 Å². The molecule has 8 heteroatoms. The van der Waals surface area contributed by atoms with Gasteiger partial charge in [0, 0.05) is 5.69 Å². The minimum atomic E-state index is -0.936. The van der Waals surface area contributed by atoms with Crippen molar-refractivity contribution in [2.45, 2.75) is 25.0 Å². The van der Waals surface area contributed by atoms with E-state index in [0.29, 0.717) is 10.7 Å². The number of aromatic nitrogens is 3. The minimum Gasteiger partial charge on any atom is -0.349 e. The number of amides is 1. The number of rotatable bonds is 6. The number of thioether (sulfide) groups is 1. The van der Waals surface area contributed by atoms with Crippen molar-refractivity contribution in [2.75, 3.05) is 5.75 Å². The quantitative estimate of drug-likeness (QED) is 0.652. The maximum atomic E-state index is 13.3. The molecule has 3 aromatic rings. The Morgan fingerprint density at radius 1 is 1.19 bits per heavy atom. The highest BCUT2D eigenvalue weighted by Crippen LogP contribution is 2.21. The summed E-state index contributed by atoms with van der Waals surface area (Å²) in [5, 5.41) is 11.3. The van der Waals surface area contributed by atoms with Crippen molar-refractivity contribution in [1.82, 2.24) is 20.1 Å². The van der Waals surface area contributed by atoms with Crippen molar-refractivity contribution in [2.24, 2.45) is 0 Å². The first-order valence-corrected chi connectivity index (χ1v) is 9.27. The second-order valence-electron chi connectivity index (χ2n) is 6.07. The van der Waals surface area contributed by atoms with Gasteiger partial charge < -0.3 is 5.32 Å². The summed E-state index contributed by atoms with van der Waals surface area (Å²) in [5.74, 6) is -1.97. The first-order valence-electron chi connectivity index (χ1n) is 8.28. The molecule has 140 valence electrons. The van der Waals surface area contributed by atoms with Crippen molar-refractivity contribution in [3.63, 3.8) is 0 Å². The Bertz CT molecular complexity index is 943. The first-order chi connectivity index (χ1) is 12.9. The molecule has 2 aromatic carbocycles. The number of hydrogen-bond acceptors (Lipinski definition) is 4. The summed E-state index contributed by atoms with van der Waals surface area (Å²) in [6.07, 6.45) is 1.59. The van der Waals surface area contributed by atoms with E-state index in [-0.39, 0.29) is 11.7 Å². The van der Waals surface area contributed by atoms with E-state index in [2.05, 4.69) is 15.5 Å². The van der Waals surface area contributed by atoms with Gasteiger partial charge >= 0.3 is 0 Å². The lowest BCUT2D eigenvalue weighted by atomic mass is 10.1. The van der Waals surface area contributed by atoms with Crippen molar-refractivity contribution in [3.8, 4) is 5.69 Å². The minimum absolute atomic E-state index is 0.124. The molecule has 1 atom stereocenters. The molecule has 1 amide bonds. The molecule has 0 saturated heterocycles. The number of nitrogens with one attached hydrogen (secondary N) is 1. The van der Waals surface area contributed by atoms with Crippen LogP contribution in [0.4, 0.5) is 8.78 Å². The van der Waals surface area contributed by atoms with Crippen molar-refractivity contribution < 1.29 is 13.6 Å². The molecule has 0 spiro atoms. The standard InChI is InChI=1S/C19H18F2N4OS/c1-12-3-6-15(7-4-12)25-11-22-24-19(25)27-10-18(26)23-13(2)14-5-8-16(20)17(21)9-14/h3-9,11,13H,10H2,1-2H3,(H,23,26). The average Bonchev–Trinajstić information content (AvgIpc) is 3.11. The fourth-order valence-electron chi connectivity index (χ4n) is 2.48. The van der Waals surface area contributed by atoms with E-state index < -0.39 is 17.7 Å². The predicted octanol–water partition coefficient (Wildman–Crippen LogP) is 3.82. The lowest BCUT2D eigenvalue weighted by Crippen LogP contribution is -2.28. The van der Waals surface area contributed by atoms with Gasteiger partial charge in [-0.05, 0) is 43.7 Å². The highest BCUT2D eigenvalue weighted by Gasteiger charge is 2.14. The van der Waals surface area contributed by atoms with Crippen LogP contribution in [0.15, 0.2) is 53.9 Å². The average molecular weight is 388 g/mol. The largest absolute Gasteiger partial charge is 0.349 e. The normalized spacial score (nSPS) is 12.0. The van der Waals surface area contributed by atoms with Crippen molar-refractivity contribution >= 4 is 17.7 Å². The highest BCUT2D eigenvalue weighted by atomic mass is 32.2. The summed E-state index contributed by atoms with van der Waals surface area (Å²) in [7, 11) is 0. The summed E-state index contributed by atoms with van der Waals surface area (Å²) >= 11 is 1.25. The van der Waals surface area contributed by atoms with Gasteiger partial charge in [-0.2, -0.15) is 0 Å². The third-order valence-corrected chi connectivity index (χ3v) is 4.93. The van der Waals surface area contributed by atoms with E-state index in [9.17, 15) is 13.6 Å².